The van der Waals surface area contributed by atoms with Crippen molar-refractivity contribution in [1.82, 2.24) is 14.9 Å². The fourth-order valence-corrected chi connectivity index (χ4v) is 2.74. The minimum atomic E-state index is -0.450. The van der Waals surface area contributed by atoms with E-state index >= 15 is 0 Å². The van der Waals surface area contributed by atoms with Crippen molar-refractivity contribution in [2.45, 2.75) is 19.9 Å². The molecule has 0 aliphatic carbocycles. The molecule has 1 atom stereocenters. The third-order valence-corrected chi connectivity index (χ3v) is 4.00. The molecule has 2 heterocycles. The Kier molecular flexibility index (Phi) is 4.72. The minimum absolute atomic E-state index is 0.0568. The fourth-order valence-electron chi connectivity index (χ4n) is 2.61. The summed E-state index contributed by atoms with van der Waals surface area (Å²) in [5.41, 5.74) is 2.29. The lowest BCUT2D eigenvalue weighted by Crippen LogP contribution is -2.11. The van der Waals surface area contributed by atoms with Crippen molar-refractivity contribution in [3.05, 3.63) is 77.4 Å². The maximum Gasteiger partial charge on any atom is 0.223 e. The number of allylic oxidation sites excluding steroid dienone is 2. The van der Waals surface area contributed by atoms with Crippen molar-refractivity contribution in [1.29, 1.82) is 0 Å². The van der Waals surface area contributed by atoms with Crippen LogP contribution in [0.15, 0.2) is 55.0 Å². The van der Waals surface area contributed by atoms with Crippen LogP contribution in [0.4, 0.5) is 4.39 Å². The van der Waals surface area contributed by atoms with Gasteiger partial charge in [-0.3, -0.25) is 0 Å². The van der Waals surface area contributed by atoms with E-state index in [0.29, 0.717) is 6.54 Å². The van der Waals surface area contributed by atoms with Gasteiger partial charge in [0.25, 0.3) is 0 Å². The average molecular weight is 330 g/mol. The quantitative estimate of drug-likeness (QED) is 0.766. The number of rotatable bonds is 3. The first-order valence-electron chi connectivity index (χ1n) is 7.50. The van der Waals surface area contributed by atoms with Gasteiger partial charge in [-0.25, -0.2) is 14.4 Å². The number of benzene rings is 1. The molecule has 118 valence electrons. The van der Waals surface area contributed by atoms with Gasteiger partial charge in [0.1, 0.15) is 5.69 Å². The van der Waals surface area contributed by atoms with Crippen molar-refractivity contribution in [2.24, 2.45) is 5.92 Å². The van der Waals surface area contributed by atoms with Crippen LogP contribution in [-0.2, 0) is 6.54 Å². The summed E-state index contributed by atoms with van der Waals surface area (Å²) in [5.74, 6) is -0.304. The molecule has 0 radical (unpaired) electrons. The van der Waals surface area contributed by atoms with Crippen molar-refractivity contribution in [3.8, 4) is 0 Å². The minimum Gasteiger partial charge on any atom is -0.350 e. The zero-order valence-corrected chi connectivity index (χ0v) is 13.5. The molecule has 0 fully saturated rings. The molecule has 0 spiro atoms. The van der Waals surface area contributed by atoms with Crippen molar-refractivity contribution < 1.29 is 4.39 Å². The summed E-state index contributed by atoms with van der Waals surface area (Å²) in [5, 5.41) is 0.0568. The highest BCUT2D eigenvalue weighted by Crippen LogP contribution is 2.30. The first kappa shape index (κ1) is 15.7. The Morgan fingerprint density at radius 3 is 2.87 bits per heavy atom. The van der Waals surface area contributed by atoms with Crippen LogP contribution in [0.1, 0.15) is 24.6 Å². The maximum atomic E-state index is 14.2. The van der Waals surface area contributed by atoms with E-state index in [1.165, 1.54) is 5.56 Å². The lowest BCUT2D eigenvalue weighted by molar-refractivity contribution is 0.502. The van der Waals surface area contributed by atoms with E-state index < -0.39 is 5.82 Å². The molecule has 2 aromatic rings. The van der Waals surface area contributed by atoms with Crippen LogP contribution in [-0.4, -0.2) is 14.9 Å². The predicted molar refractivity (Wildman–Crippen MR) is 89.9 cm³/mol. The Hall–Kier alpha value is -2.20. The van der Waals surface area contributed by atoms with Crippen molar-refractivity contribution >= 4 is 17.2 Å². The van der Waals surface area contributed by atoms with Crippen LogP contribution in [0.25, 0.3) is 5.57 Å². The lowest BCUT2D eigenvalue weighted by Gasteiger charge is -2.18. The van der Waals surface area contributed by atoms with Crippen molar-refractivity contribution in [3.63, 3.8) is 0 Å². The molecule has 1 unspecified atom stereocenters. The highest BCUT2D eigenvalue weighted by atomic mass is 35.5. The van der Waals surface area contributed by atoms with Gasteiger partial charge in [0.2, 0.25) is 5.28 Å². The van der Waals surface area contributed by atoms with Crippen LogP contribution in [0.5, 0.6) is 0 Å². The zero-order valence-electron chi connectivity index (χ0n) is 12.8. The molecule has 0 N–H and O–H groups in total. The van der Waals surface area contributed by atoms with E-state index in [-0.39, 0.29) is 16.9 Å². The van der Waals surface area contributed by atoms with E-state index in [9.17, 15) is 4.39 Å². The summed E-state index contributed by atoms with van der Waals surface area (Å²) >= 11 is 5.85. The molecule has 5 heteroatoms. The van der Waals surface area contributed by atoms with Crippen LogP contribution < -0.4 is 0 Å². The topological polar surface area (TPSA) is 29.0 Å². The second-order valence-corrected chi connectivity index (χ2v) is 5.94. The first-order valence-corrected chi connectivity index (χ1v) is 7.88. The number of nitrogens with zero attached hydrogens (tertiary/aromatic N) is 3. The molecule has 1 aliphatic heterocycles. The normalized spacial score (nSPS) is 17.8. The van der Waals surface area contributed by atoms with Gasteiger partial charge in [-0.05, 0) is 35.7 Å². The van der Waals surface area contributed by atoms with Gasteiger partial charge in [0.15, 0.2) is 5.82 Å². The Morgan fingerprint density at radius 1 is 1.30 bits per heavy atom. The van der Waals surface area contributed by atoms with E-state index in [4.69, 9.17) is 11.6 Å². The van der Waals surface area contributed by atoms with Crippen LogP contribution in [0.2, 0.25) is 5.28 Å². The largest absolute Gasteiger partial charge is 0.350 e. The molecular weight excluding hydrogens is 313 g/mol. The second kappa shape index (κ2) is 6.92. The molecule has 0 saturated carbocycles. The summed E-state index contributed by atoms with van der Waals surface area (Å²) < 4.78 is 14.2. The Labute approximate surface area is 140 Å². The lowest BCUT2D eigenvalue weighted by atomic mass is 9.96. The highest BCUT2D eigenvalue weighted by molar-refractivity contribution is 6.28. The summed E-state index contributed by atoms with van der Waals surface area (Å²) in [6, 6.07) is 10.1. The molecule has 0 amide bonds. The third-order valence-electron chi connectivity index (χ3n) is 3.82. The summed E-state index contributed by atoms with van der Waals surface area (Å²) in [7, 11) is 0. The van der Waals surface area contributed by atoms with Gasteiger partial charge in [0, 0.05) is 18.3 Å². The molecule has 0 bridgehead atoms. The van der Waals surface area contributed by atoms with Crippen molar-refractivity contribution in [2.75, 3.05) is 0 Å². The van der Waals surface area contributed by atoms with E-state index in [0.717, 1.165) is 18.2 Å². The van der Waals surface area contributed by atoms with Gasteiger partial charge < -0.3 is 4.90 Å². The first-order chi connectivity index (χ1) is 11.1. The molecule has 1 aromatic heterocycles. The van der Waals surface area contributed by atoms with Crippen LogP contribution in [0.3, 0.4) is 0 Å². The standard InChI is InChI=1S/C18H17ClFN3/c1-13-6-5-9-23(11-14-7-3-2-4-8-14)12-15(13)17-16(20)10-21-18(19)22-17/h2-5,7-10,12-13H,6,11H2,1H3. The molecule has 1 aromatic carbocycles. The van der Waals surface area contributed by atoms with E-state index in [1.807, 2.05) is 35.5 Å². The second-order valence-electron chi connectivity index (χ2n) is 5.60. The number of halogens is 2. The van der Waals surface area contributed by atoms with Gasteiger partial charge in [0.05, 0.1) is 6.20 Å². The van der Waals surface area contributed by atoms with Gasteiger partial charge in [-0.1, -0.05) is 43.3 Å². The molecule has 1 aliphatic rings. The Morgan fingerprint density at radius 2 is 2.09 bits per heavy atom. The zero-order chi connectivity index (χ0) is 16.2. The summed E-state index contributed by atoms with van der Waals surface area (Å²) in [6.45, 7) is 2.77. The number of aromatic nitrogens is 2. The van der Waals surface area contributed by atoms with Gasteiger partial charge in [-0.15, -0.1) is 0 Å². The molecule has 3 nitrogen and oxygen atoms in total. The van der Waals surface area contributed by atoms with E-state index in [2.05, 4.69) is 35.1 Å². The maximum absolute atomic E-state index is 14.2. The monoisotopic (exact) mass is 329 g/mol. The fraction of sp³-hybridized carbons (Fsp3) is 0.222. The van der Waals surface area contributed by atoms with E-state index in [1.54, 1.807) is 0 Å². The molecular formula is C18H17ClFN3. The Balaban J connectivity index is 1.95. The third kappa shape index (κ3) is 3.77. The summed E-state index contributed by atoms with van der Waals surface area (Å²) in [6.07, 6.45) is 8.01. The number of hydrogen-bond acceptors (Lipinski definition) is 3. The smallest absolute Gasteiger partial charge is 0.223 e. The molecule has 3 rings (SSSR count). The van der Waals surface area contributed by atoms with Gasteiger partial charge >= 0.3 is 0 Å². The molecule has 0 saturated heterocycles. The average Bonchev–Trinajstić information content (AvgIpc) is 2.72. The predicted octanol–water partition coefficient (Wildman–Crippen LogP) is 4.67. The summed E-state index contributed by atoms with van der Waals surface area (Å²) in [4.78, 5) is 9.82. The SMILES string of the molecule is CC1CC=CN(Cc2ccccc2)C=C1c1nc(Cl)ncc1F. The highest BCUT2D eigenvalue weighted by Gasteiger charge is 2.19. The number of hydrogen-bond donors (Lipinski definition) is 0. The van der Waals surface area contributed by atoms with Gasteiger partial charge in [-0.2, -0.15) is 0 Å². The molecule has 23 heavy (non-hydrogen) atoms. The van der Waals surface area contributed by atoms with Crippen LogP contribution >= 0.6 is 11.6 Å². The van der Waals surface area contributed by atoms with Crippen LogP contribution in [0, 0.1) is 11.7 Å². The Bertz CT molecular complexity index is 743.